The van der Waals surface area contributed by atoms with Crippen LogP contribution in [0.15, 0.2) is 12.1 Å². The van der Waals surface area contributed by atoms with Gasteiger partial charge in [0.2, 0.25) is 0 Å². The maximum Gasteiger partial charge on any atom is 0.314 e. The Balaban J connectivity index is 2.23. The highest BCUT2D eigenvalue weighted by Gasteiger charge is 2.57. The molecule has 0 aliphatic heterocycles. The standard InChI is InChI=1S/C20H28O3/c1-12(2)14-10-13-6-7-17-19(3,4)8-5-9-20(17,18(22)23)15(13)11-16(14)21/h10-12,17,21H,5-9H2,1-4H3,(H,22,23)/t17-,20+/m1/s1. The molecule has 0 amide bonds. The van der Waals surface area contributed by atoms with Crippen molar-refractivity contribution in [1.29, 1.82) is 0 Å². The minimum Gasteiger partial charge on any atom is -0.508 e. The molecule has 0 unspecified atom stereocenters. The molecule has 2 N–H and O–H groups in total. The van der Waals surface area contributed by atoms with E-state index in [0.29, 0.717) is 6.42 Å². The number of rotatable bonds is 2. The lowest BCUT2D eigenvalue weighted by atomic mass is 9.49. The highest BCUT2D eigenvalue weighted by molar-refractivity contribution is 5.84. The summed E-state index contributed by atoms with van der Waals surface area (Å²) in [5.41, 5.74) is 2.12. The highest BCUT2D eigenvalue weighted by Crippen LogP contribution is 2.58. The summed E-state index contributed by atoms with van der Waals surface area (Å²) in [6.45, 7) is 8.54. The number of aliphatic carboxylic acids is 1. The van der Waals surface area contributed by atoms with Crippen molar-refractivity contribution < 1.29 is 15.0 Å². The molecule has 0 radical (unpaired) electrons. The summed E-state index contributed by atoms with van der Waals surface area (Å²) >= 11 is 0. The van der Waals surface area contributed by atoms with Gasteiger partial charge >= 0.3 is 5.97 Å². The van der Waals surface area contributed by atoms with Crippen molar-refractivity contribution in [3.63, 3.8) is 0 Å². The van der Waals surface area contributed by atoms with Crippen LogP contribution < -0.4 is 0 Å². The zero-order chi connectivity index (χ0) is 17.0. The third-order valence-corrected chi connectivity index (χ3v) is 6.37. The lowest BCUT2D eigenvalue weighted by molar-refractivity contribution is -0.152. The van der Waals surface area contributed by atoms with Gasteiger partial charge in [0.25, 0.3) is 0 Å². The Morgan fingerprint density at radius 1 is 1.26 bits per heavy atom. The van der Waals surface area contributed by atoms with E-state index in [2.05, 4.69) is 33.8 Å². The van der Waals surface area contributed by atoms with Crippen LogP contribution in [0.25, 0.3) is 0 Å². The molecule has 1 aromatic rings. The number of phenolic OH excluding ortho intramolecular Hbond substituents is 1. The number of hydrogen-bond donors (Lipinski definition) is 2. The fraction of sp³-hybridized carbons (Fsp3) is 0.650. The maximum absolute atomic E-state index is 12.4. The number of benzene rings is 1. The molecule has 23 heavy (non-hydrogen) atoms. The first-order valence-electron chi connectivity index (χ1n) is 8.80. The van der Waals surface area contributed by atoms with Crippen molar-refractivity contribution in [1.82, 2.24) is 0 Å². The van der Waals surface area contributed by atoms with E-state index in [-0.39, 0.29) is 23.0 Å². The zero-order valence-corrected chi connectivity index (χ0v) is 14.6. The van der Waals surface area contributed by atoms with Gasteiger partial charge in [-0.05, 0) is 65.7 Å². The van der Waals surface area contributed by atoms with Crippen molar-refractivity contribution in [3.05, 3.63) is 28.8 Å². The molecule has 2 atom stereocenters. The molecule has 2 aliphatic rings. The van der Waals surface area contributed by atoms with Gasteiger partial charge < -0.3 is 10.2 Å². The second-order valence-corrected chi connectivity index (χ2v) is 8.43. The first kappa shape index (κ1) is 16.4. The number of carboxylic acid groups (broad SMARTS) is 1. The number of carboxylic acids is 1. The van der Waals surface area contributed by atoms with Crippen molar-refractivity contribution in [2.75, 3.05) is 0 Å². The summed E-state index contributed by atoms with van der Waals surface area (Å²) in [5.74, 6) is -0.0871. The van der Waals surface area contributed by atoms with Crippen LogP contribution in [-0.4, -0.2) is 16.2 Å². The normalized spacial score (nSPS) is 29.0. The van der Waals surface area contributed by atoms with E-state index in [1.807, 2.05) is 0 Å². The minimum absolute atomic E-state index is 0.0284. The topological polar surface area (TPSA) is 57.5 Å². The Labute approximate surface area is 138 Å². The number of fused-ring (bicyclic) bond motifs is 3. The highest BCUT2D eigenvalue weighted by atomic mass is 16.4. The summed E-state index contributed by atoms with van der Waals surface area (Å²) in [5, 5.41) is 20.7. The summed E-state index contributed by atoms with van der Waals surface area (Å²) in [6.07, 6.45) is 4.54. The lowest BCUT2D eigenvalue weighted by Crippen LogP contribution is -2.54. The lowest BCUT2D eigenvalue weighted by Gasteiger charge is -2.53. The van der Waals surface area contributed by atoms with Gasteiger partial charge in [0.05, 0.1) is 5.41 Å². The molecule has 0 aromatic heterocycles. The molecule has 0 spiro atoms. The van der Waals surface area contributed by atoms with E-state index in [9.17, 15) is 15.0 Å². The third-order valence-electron chi connectivity index (χ3n) is 6.37. The molecule has 2 aliphatic carbocycles. The van der Waals surface area contributed by atoms with E-state index >= 15 is 0 Å². The van der Waals surface area contributed by atoms with Crippen LogP contribution in [0.2, 0.25) is 0 Å². The van der Waals surface area contributed by atoms with Crippen LogP contribution in [0.1, 0.15) is 76.0 Å². The van der Waals surface area contributed by atoms with Gasteiger partial charge in [-0.3, -0.25) is 4.79 Å². The molecular weight excluding hydrogens is 288 g/mol. The predicted molar refractivity (Wildman–Crippen MR) is 91.0 cm³/mol. The number of phenols is 1. The van der Waals surface area contributed by atoms with Crippen molar-refractivity contribution in [3.8, 4) is 5.75 Å². The van der Waals surface area contributed by atoms with Crippen molar-refractivity contribution in [2.24, 2.45) is 11.3 Å². The van der Waals surface area contributed by atoms with E-state index < -0.39 is 11.4 Å². The molecule has 0 saturated heterocycles. The average molecular weight is 316 g/mol. The van der Waals surface area contributed by atoms with Crippen LogP contribution in [0, 0.1) is 11.3 Å². The first-order valence-corrected chi connectivity index (χ1v) is 8.80. The first-order chi connectivity index (χ1) is 10.7. The Morgan fingerprint density at radius 3 is 2.57 bits per heavy atom. The summed E-state index contributed by atoms with van der Waals surface area (Å²) in [4.78, 5) is 12.4. The molecule has 3 heteroatoms. The van der Waals surface area contributed by atoms with E-state index in [4.69, 9.17) is 0 Å². The molecule has 3 rings (SSSR count). The van der Waals surface area contributed by atoms with Crippen LogP contribution in [0.3, 0.4) is 0 Å². The maximum atomic E-state index is 12.4. The average Bonchev–Trinajstić information content (AvgIpc) is 2.45. The van der Waals surface area contributed by atoms with E-state index in [0.717, 1.165) is 42.4 Å². The quantitative estimate of drug-likeness (QED) is 0.837. The van der Waals surface area contributed by atoms with E-state index in [1.165, 1.54) is 0 Å². The van der Waals surface area contributed by atoms with Gasteiger partial charge in [-0.1, -0.05) is 40.2 Å². The predicted octanol–water partition coefficient (Wildman–Crippen LogP) is 4.61. The molecular formula is C20H28O3. The smallest absolute Gasteiger partial charge is 0.314 e. The van der Waals surface area contributed by atoms with Crippen molar-refractivity contribution >= 4 is 5.97 Å². The number of aryl methyl sites for hydroxylation is 1. The van der Waals surface area contributed by atoms with Crippen molar-refractivity contribution in [2.45, 2.75) is 71.1 Å². The van der Waals surface area contributed by atoms with Gasteiger partial charge in [-0.25, -0.2) is 0 Å². The van der Waals surface area contributed by atoms with Gasteiger partial charge in [-0.15, -0.1) is 0 Å². The third kappa shape index (κ3) is 2.28. The Morgan fingerprint density at radius 2 is 1.96 bits per heavy atom. The fourth-order valence-corrected chi connectivity index (χ4v) is 5.21. The molecule has 1 aromatic carbocycles. The zero-order valence-electron chi connectivity index (χ0n) is 14.6. The Hall–Kier alpha value is -1.51. The molecule has 1 fully saturated rings. The second-order valence-electron chi connectivity index (χ2n) is 8.43. The molecule has 1 saturated carbocycles. The summed E-state index contributed by atoms with van der Waals surface area (Å²) in [7, 11) is 0. The second kappa shape index (κ2) is 5.25. The summed E-state index contributed by atoms with van der Waals surface area (Å²) < 4.78 is 0. The Kier molecular flexibility index (Phi) is 3.74. The number of aromatic hydroxyl groups is 1. The number of carbonyl (C=O) groups is 1. The van der Waals surface area contributed by atoms with Gasteiger partial charge in [0.1, 0.15) is 5.75 Å². The van der Waals surface area contributed by atoms with Gasteiger partial charge in [0.15, 0.2) is 0 Å². The number of hydrogen-bond acceptors (Lipinski definition) is 2. The molecule has 126 valence electrons. The van der Waals surface area contributed by atoms with Crippen LogP contribution in [0.4, 0.5) is 0 Å². The monoisotopic (exact) mass is 316 g/mol. The van der Waals surface area contributed by atoms with Crippen LogP contribution >= 0.6 is 0 Å². The molecule has 0 bridgehead atoms. The van der Waals surface area contributed by atoms with Gasteiger partial charge in [-0.2, -0.15) is 0 Å². The fourth-order valence-electron chi connectivity index (χ4n) is 5.21. The minimum atomic E-state index is -0.831. The van der Waals surface area contributed by atoms with E-state index in [1.54, 1.807) is 6.07 Å². The van der Waals surface area contributed by atoms with Crippen LogP contribution in [0.5, 0.6) is 5.75 Å². The molecule has 0 heterocycles. The van der Waals surface area contributed by atoms with Crippen LogP contribution in [-0.2, 0) is 16.6 Å². The molecule has 3 nitrogen and oxygen atoms in total. The van der Waals surface area contributed by atoms with Gasteiger partial charge in [0, 0.05) is 0 Å². The SMILES string of the molecule is CC(C)c1cc2c(cc1O)[C@@]1(C(=O)O)CCCC(C)(C)[C@H]1CC2. The Bertz CT molecular complexity index is 645. The summed E-state index contributed by atoms with van der Waals surface area (Å²) in [6, 6.07) is 3.82. The largest absolute Gasteiger partial charge is 0.508 e.